The van der Waals surface area contributed by atoms with Crippen molar-refractivity contribution in [3.63, 3.8) is 0 Å². The molecule has 0 aliphatic rings. The van der Waals surface area contributed by atoms with Crippen LogP contribution < -0.4 is 17.0 Å². The number of hydrogen-bond acceptors (Lipinski definition) is 4. The zero-order valence-corrected chi connectivity index (χ0v) is 20.6. The molecule has 1 amide bonds. The summed E-state index contributed by atoms with van der Waals surface area (Å²) in [4.78, 5) is 37.5. The number of benzene rings is 2. The molecular formula is C26H30N4O3S. The molecule has 4 rings (SSSR count). The van der Waals surface area contributed by atoms with Gasteiger partial charge in [0.25, 0.3) is 5.56 Å². The highest BCUT2D eigenvalue weighted by Crippen LogP contribution is 2.30. The Morgan fingerprint density at radius 1 is 1.09 bits per heavy atom. The van der Waals surface area contributed by atoms with Crippen LogP contribution in [-0.2, 0) is 24.9 Å². The van der Waals surface area contributed by atoms with Crippen molar-refractivity contribution < 1.29 is 4.79 Å². The van der Waals surface area contributed by atoms with Gasteiger partial charge in [0, 0.05) is 32.8 Å². The normalized spacial score (nSPS) is 11.6. The third-order valence-electron chi connectivity index (χ3n) is 5.91. The number of amides is 1. The van der Waals surface area contributed by atoms with Gasteiger partial charge in [0.2, 0.25) is 5.91 Å². The summed E-state index contributed by atoms with van der Waals surface area (Å²) in [5.41, 5.74) is 6.49. The molecule has 178 valence electrons. The highest BCUT2D eigenvalue weighted by Gasteiger charge is 2.20. The van der Waals surface area contributed by atoms with Gasteiger partial charge in [0.05, 0.1) is 15.9 Å². The molecule has 0 unspecified atom stereocenters. The molecule has 7 nitrogen and oxygen atoms in total. The molecule has 2 aromatic heterocycles. The molecule has 4 aromatic rings. The van der Waals surface area contributed by atoms with Crippen molar-refractivity contribution >= 4 is 39.3 Å². The third kappa shape index (κ3) is 4.68. The first-order valence-electron chi connectivity index (χ1n) is 11.5. The summed E-state index contributed by atoms with van der Waals surface area (Å²) in [5.74, 6) is 0.550. The molecule has 2 aromatic carbocycles. The van der Waals surface area contributed by atoms with Crippen molar-refractivity contribution in [2.75, 3.05) is 5.75 Å². The fourth-order valence-electron chi connectivity index (χ4n) is 4.31. The highest BCUT2D eigenvalue weighted by atomic mass is 32.2. The van der Waals surface area contributed by atoms with Crippen LogP contribution in [0.4, 0.5) is 0 Å². The standard InChI is InChI=1S/C26H30N4O3S/c1-17(2)14-30-21-16-29(15-19-10-6-9-18-8-4-5-11-20(18)19)25(34-13-7-12-22(27)31)23(21)24(32)28(3)26(30)33/h4-6,8-11,16-17H,7,12-15H2,1-3H3,(H2,27,31). The average molecular weight is 479 g/mol. The zero-order chi connectivity index (χ0) is 24.4. The van der Waals surface area contributed by atoms with Crippen LogP contribution in [0.1, 0.15) is 32.3 Å². The van der Waals surface area contributed by atoms with Crippen molar-refractivity contribution in [1.29, 1.82) is 0 Å². The Labute approximate surface area is 202 Å². The second-order valence-electron chi connectivity index (χ2n) is 9.03. The number of thioether (sulfide) groups is 1. The van der Waals surface area contributed by atoms with Gasteiger partial charge in [-0.2, -0.15) is 0 Å². The van der Waals surface area contributed by atoms with E-state index in [0.717, 1.165) is 21.4 Å². The number of primary amides is 1. The van der Waals surface area contributed by atoms with Crippen molar-refractivity contribution in [3.8, 4) is 0 Å². The minimum Gasteiger partial charge on any atom is -0.370 e. The van der Waals surface area contributed by atoms with E-state index in [1.165, 1.54) is 23.4 Å². The van der Waals surface area contributed by atoms with Crippen LogP contribution in [0.3, 0.4) is 0 Å². The summed E-state index contributed by atoms with van der Waals surface area (Å²) in [6, 6.07) is 14.4. The minimum absolute atomic E-state index is 0.242. The largest absolute Gasteiger partial charge is 0.370 e. The lowest BCUT2D eigenvalue weighted by molar-refractivity contribution is -0.118. The summed E-state index contributed by atoms with van der Waals surface area (Å²) in [7, 11) is 1.53. The van der Waals surface area contributed by atoms with Gasteiger partial charge in [0.15, 0.2) is 0 Å². The second-order valence-corrected chi connectivity index (χ2v) is 10.1. The van der Waals surface area contributed by atoms with Gasteiger partial charge in [-0.25, -0.2) is 4.79 Å². The maximum absolute atomic E-state index is 13.3. The Morgan fingerprint density at radius 3 is 2.56 bits per heavy atom. The summed E-state index contributed by atoms with van der Waals surface area (Å²) in [5, 5.41) is 3.66. The smallest absolute Gasteiger partial charge is 0.331 e. The fraction of sp³-hybridized carbons (Fsp3) is 0.346. The Balaban J connectivity index is 1.89. The molecular weight excluding hydrogens is 448 g/mol. The predicted molar refractivity (Wildman–Crippen MR) is 138 cm³/mol. The van der Waals surface area contributed by atoms with Crippen molar-refractivity contribution in [2.24, 2.45) is 18.7 Å². The molecule has 0 radical (unpaired) electrons. The molecule has 0 spiro atoms. The molecule has 0 aliphatic heterocycles. The fourth-order valence-corrected chi connectivity index (χ4v) is 5.41. The molecule has 0 saturated heterocycles. The quantitative estimate of drug-likeness (QED) is 0.293. The average Bonchev–Trinajstić information content (AvgIpc) is 3.16. The number of nitrogens with two attached hydrogens (primary N) is 1. The van der Waals surface area contributed by atoms with Gasteiger partial charge >= 0.3 is 5.69 Å². The number of nitrogens with zero attached hydrogens (tertiary/aromatic N) is 3. The molecule has 0 aliphatic carbocycles. The molecule has 8 heteroatoms. The van der Waals surface area contributed by atoms with Crippen molar-refractivity contribution in [2.45, 2.75) is 44.8 Å². The number of fused-ring (bicyclic) bond motifs is 2. The lowest BCUT2D eigenvalue weighted by Crippen LogP contribution is -2.38. The molecule has 34 heavy (non-hydrogen) atoms. The first kappa shape index (κ1) is 23.9. The van der Waals surface area contributed by atoms with Crippen LogP contribution in [0, 0.1) is 5.92 Å². The van der Waals surface area contributed by atoms with E-state index in [1.54, 1.807) is 4.57 Å². The molecule has 0 fully saturated rings. The number of carbonyl (C=O) groups is 1. The maximum Gasteiger partial charge on any atom is 0.331 e. The second kappa shape index (κ2) is 9.93. The van der Waals surface area contributed by atoms with Gasteiger partial charge in [-0.05, 0) is 34.4 Å². The molecule has 0 bridgehead atoms. The van der Waals surface area contributed by atoms with E-state index in [9.17, 15) is 14.4 Å². The van der Waals surface area contributed by atoms with E-state index in [4.69, 9.17) is 5.73 Å². The van der Waals surface area contributed by atoms with E-state index < -0.39 is 0 Å². The summed E-state index contributed by atoms with van der Waals surface area (Å²) in [6.07, 6.45) is 2.84. The van der Waals surface area contributed by atoms with E-state index in [1.807, 2.05) is 24.4 Å². The topological polar surface area (TPSA) is 92.0 Å². The van der Waals surface area contributed by atoms with E-state index in [2.05, 4.69) is 42.7 Å². The monoisotopic (exact) mass is 478 g/mol. The van der Waals surface area contributed by atoms with Crippen molar-refractivity contribution in [3.05, 3.63) is 75.1 Å². The lowest BCUT2D eigenvalue weighted by atomic mass is 10.0. The minimum atomic E-state index is -0.335. The molecule has 2 heterocycles. The molecule has 0 atom stereocenters. The zero-order valence-electron chi connectivity index (χ0n) is 19.8. The van der Waals surface area contributed by atoms with E-state index in [-0.39, 0.29) is 23.1 Å². The Hall–Kier alpha value is -3.26. The van der Waals surface area contributed by atoms with Crippen LogP contribution in [0.25, 0.3) is 21.7 Å². The molecule has 2 N–H and O–H groups in total. The maximum atomic E-state index is 13.3. The number of aromatic nitrogens is 3. The van der Waals surface area contributed by atoms with Crippen LogP contribution in [0.15, 0.2) is 63.3 Å². The number of carbonyl (C=O) groups excluding carboxylic acids is 1. The van der Waals surface area contributed by atoms with Gasteiger partial charge in [-0.15, -0.1) is 11.8 Å². The third-order valence-corrected chi connectivity index (χ3v) is 7.12. The highest BCUT2D eigenvalue weighted by molar-refractivity contribution is 7.99. The molecule has 0 saturated carbocycles. The van der Waals surface area contributed by atoms with Gasteiger partial charge in [-0.1, -0.05) is 56.3 Å². The number of hydrogen-bond donors (Lipinski definition) is 1. The summed E-state index contributed by atoms with van der Waals surface area (Å²) in [6.45, 7) is 5.19. The summed E-state index contributed by atoms with van der Waals surface area (Å²) >= 11 is 1.53. The Bertz CT molecular complexity index is 1470. The Kier molecular flexibility index (Phi) is 6.97. The summed E-state index contributed by atoms with van der Waals surface area (Å²) < 4.78 is 4.97. The Morgan fingerprint density at radius 2 is 1.82 bits per heavy atom. The SMILES string of the molecule is CC(C)Cn1c(=O)n(C)c(=O)c2c(SCCCC(N)=O)n(Cc3cccc4ccccc34)cc21. The first-order valence-corrected chi connectivity index (χ1v) is 12.5. The van der Waals surface area contributed by atoms with E-state index >= 15 is 0 Å². The van der Waals surface area contributed by atoms with Crippen LogP contribution in [0.2, 0.25) is 0 Å². The van der Waals surface area contributed by atoms with Crippen molar-refractivity contribution in [1.82, 2.24) is 13.7 Å². The van der Waals surface area contributed by atoms with Gasteiger partial charge in [-0.3, -0.25) is 18.7 Å². The predicted octanol–water partition coefficient (Wildman–Crippen LogP) is 3.72. The number of rotatable bonds is 9. The lowest BCUT2D eigenvalue weighted by Gasteiger charge is -2.12. The van der Waals surface area contributed by atoms with Crippen LogP contribution in [-0.4, -0.2) is 25.4 Å². The van der Waals surface area contributed by atoms with Gasteiger partial charge < -0.3 is 10.3 Å². The first-order chi connectivity index (χ1) is 16.3. The van der Waals surface area contributed by atoms with E-state index in [0.29, 0.717) is 42.6 Å². The van der Waals surface area contributed by atoms with Gasteiger partial charge in [0.1, 0.15) is 0 Å². The van der Waals surface area contributed by atoms with Crippen LogP contribution in [0.5, 0.6) is 0 Å². The van der Waals surface area contributed by atoms with Crippen LogP contribution >= 0.6 is 11.8 Å².